The van der Waals surface area contributed by atoms with Gasteiger partial charge in [-0.05, 0) is 0 Å². The third kappa shape index (κ3) is 20.7. The zero-order chi connectivity index (χ0) is 13.6. The Morgan fingerprint density at radius 3 is 1.90 bits per heavy atom. The first-order valence-electron chi connectivity index (χ1n) is 6.55. The summed E-state index contributed by atoms with van der Waals surface area (Å²) in [6.07, 6.45) is 3.87. The predicted molar refractivity (Wildman–Crippen MR) is 80.2 cm³/mol. The van der Waals surface area contributed by atoms with E-state index >= 15 is 0 Å². The molecule has 2 aromatic rings. The monoisotopic (exact) mass is 404 g/mol. The van der Waals surface area contributed by atoms with Crippen molar-refractivity contribution in [3.8, 4) is 0 Å². The largest absolute Gasteiger partial charge is 1.00 e. The minimum absolute atomic E-state index is 0. The molecule has 0 aliphatic carbocycles. The van der Waals surface area contributed by atoms with E-state index in [9.17, 15) is 0 Å². The van der Waals surface area contributed by atoms with Gasteiger partial charge in [-0.15, -0.1) is 0 Å². The summed E-state index contributed by atoms with van der Waals surface area (Å²) >= 11 is 1.74. The average Bonchev–Trinajstić information content (AvgIpc) is 3.01. The van der Waals surface area contributed by atoms with Crippen LogP contribution in [0.5, 0.6) is 0 Å². The molecule has 2 rings (SSSR count). The van der Waals surface area contributed by atoms with E-state index in [1.807, 2.05) is 30.3 Å². The standard InChI is InChI=1S/C9H13.C5H5.C2H6Si.2ClH.Zr/c1-2-3-6-9-7-4-5-8-9;1-2-4-5-3-1;1-3-2;;;/h4-5,7-8H,2-3,6H2,1H3;1-5H;1-2H3;2*1H;/q2*-1;;;;+2/p-2. The summed E-state index contributed by atoms with van der Waals surface area (Å²) < 4.78 is 0. The first-order chi connectivity index (χ1) is 8.66. The van der Waals surface area contributed by atoms with Gasteiger partial charge in [0.1, 0.15) is 0 Å². The molecule has 2 aromatic carbocycles. The van der Waals surface area contributed by atoms with E-state index in [1.54, 1.807) is 23.3 Å². The molecule has 0 unspecified atom stereocenters. The fourth-order valence-electron chi connectivity index (χ4n) is 1.28. The van der Waals surface area contributed by atoms with Crippen molar-refractivity contribution in [2.75, 3.05) is 0 Å². The summed E-state index contributed by atoms with van der Waals surface area (Å²) in [6, 6.07) is 18.6. The number of hydrogen-bond donors (Lipinski definition) is 0. The van der Waals surface area contributed by atoms with Gasteiger partial charge in [-0.2, -0.15) is 42.0 Å². The molecule has 0 saturated carbocycles. The fraction of sp³-hybridized carbons (Fsp3) is 0.375. The maximum Gasteiger partial charge on any atom is -0.172 e. The number of halogens is 2. The number of unbranched alkanes of at least 4 members (excludes halogenated alkanes) is 1. The Bertz CT molecular complexity index is 348. The second kappa shape index (κ2) is 19.4. The van der Waals surface area contributed by atoms with Gasteiger partial charge in [0.25, 0.3) is 0 Å². The molecule has 0 saturated heterocycles. The van der Waals surface area contributed by atoms with Gasteiger partial charge in [-0.3, -0.25) is 0 Å². The van der Waals surface area contributed by atoms with Crippen LogP contribution in [0.25, 0.3) is 0 Å². The zero-order valence-corrected chi connectivity index (χ0v) is 17.5. The Labute approximate surface area is 152 Å². The van der Waals surface area contributed by atoms with E-state index in [4.69, 9.17) is 0 Å². The van der Waals surface area contributed by atoms with Crippen LogP contribution in [-0.2, 0) is 29.8 Å². The van der Waals surface area contributed by atoms with Crippen molar-refractivity contribution in [3.63, 3.8) is 0 Å². The second-order valence-electron chi connectivity index (χ2n) is 4.36. The number of hydrogen-bond acceptors (Lipinski definition) is 0. The molecule has 0 heterocycles. The van der Waals surface area contributed by atoms with Crippen molar-refractivity contribution < 1.29 is 48.1 Å². The molecular formula is C16H24Cl2SiZr-2. The van der Waals surface area contributed by atoms with Crippen LogP contribution in [0, 0.1) is 0 Å². The predicted octanol–water partition coefficient (Wildman–Crippen LogP) is -1.05. The van der Waals surface area contributed by atoms with Crippen molar-refractivity contribution in [2.45, 2.75) is 39.3 Å². The summed E-state index contributed by atoms with van der Waals surface area (Å²) in [6.45, 7) is 6.84. The van der Waals surface area contributed by atoms with Crippen LogP contribution < -0.4 is 24.8 Å². The molecule has 20 heavy (non-hydrogen) atoms. The summed E-state index contributed by atoms with van der Waals surface area (Å²) in [7, 11) is 0. The average molecular weight is 407 g/mol. The Morgan fingerprint density at radius 1 is 1.05 bits per heavy atom. The van der Waals surface area contributed by atoms with Crippen LogP contribution in [0.2, 0.25) is 13.1 Å². The zero-order valence-electron chi connectivity index (χ0n) is 12.6. The van der Waals surface area contributed by atoms with Gasteiger partial charge in [-0.25, -0.2) is 18.2 Å². The molecule has 0 spiro atoms. The van der Waals surface area contributed by atoms with Crippen molar-refractivity contribution in [1.82, 2.24) is 0 Å². The molecular weight excluding hydrogens is 382 g/mol. The van der Waals surface area contributed by atoms with Crippen LogP contribution in [0.1, 0.15) is 25.3 Å². The second-order valence-corrected chi connectivity index (χ2v) is 13.7. The SMILES string of the molecule is CCCCc1cc[cH-]c1.C[Si](C)=[Zr+2].[Cl-].[Cl-].c1cc[cH-]c1. The first-order valence-corrected chi connectivity index (χ1v) is 12.7. The van der Waals surface area contributed by atoms with E-state index in [0.29, 0.717) is 0 Å². The summed E-state index contributed by atoms with van der Waals surface area (Å²) in [4.78, 5) is 0. The molecule has 0 nitrogen and oxygen atoms in total. The van der Waals surface area contributed by atoms with Crippen molar-refractivity contribution in [3.05, 3.63) is 60.2 Å². The van der Waals surface area contributed by atoms with Gasteiger partial charge >= 0.3 is 41.9 Å². The summed E-state index contributed by atoms with van der Waals surface area (Å²) in [5, 5.41) is 0. The third-order valence-corrected chi connectivity index (χ3v) is 2.11. The van der Waals surface area contributed by atoms with Crippen molar-refractivity contribution >= 4 is 5.43 Å². The van der Waals surface area contributed by atoms with Gasteiger partial charge in [0.05, 0.1) is 0 Å². The van der Waals surface area contributed by atoms with Gasteiger partial charge < -0.3 is 24.8 Å². The third-order valence-electron chi connectivity index (χ3n) is 2.11. The molecule has 0 fully saturated rings. The summed E-state index contributed by atoms with van der Waals surface area (Å²) in [5.74, 6) is 0. The number of rotatable bonds is 3. The molecule has 0 amide bonds. The first kappa shape index (κ1) is 25.3. The smallest absolute Gasteiger partial charge is 0.172 e. The van der Waals surface area contributed by atoms with Gasteiger partial charge in [0.15, 0.2) is 0 Å². The van der Waals surface area contributed by atoms with E-state index in [-0.39, 0.29) is 30.2 Å². The van der Waals surface area contributed by atoms with Crippen LogP contribution in [0.4, 0.5) is 0 Å². The van der Waals surface area contributed by atoms with Crippen molar-refractivity contribution in [1.29, 1.82) is 0 Å². The minimum Gasteiger partial charge on any atom is -1.00 e. The fourth-order valence-corrected chi connectivity index (χ4v) is 1.28. The van der Waals surface area contributed by atoms with Gasteiger partial charge in [0, 0.05) is 0 Å². The molecule has 0 radical (unpaired) electrons. The molecule has 0 aliphatic heterocycles. The van der Waals surface area contributed by atoms with Crippen molar-refractivity contribution in [2.24, 2.45) is 0 Å². The maximum atomic E-state index is 2.31. The maximum absolute atomic E-state index is 2.31. The molecule has 0 atom stereocenters. The molecule has 0 bridgehead atoms. The Morgan fingerprint density at radius 2 is 1.60 bits per heavy atom. The molecule has 0 aliphatic rings. The number of aryl methyl sites for hydroxylation is 1. The van der Waals surface area contributed by atoms with Gasteiger partial charge in [0.2, 0.25) is 0 Å². The van der Waals surface area contributed by atoms with Crippen LogP contribution in [-0.4, -0.2) is 5.43 Å². The van der Waals surface area contributed by atoms with Crippen LogP contribution in [0.3, 0.4) is 0 Å². The Kier molecular flexibility index (Phi) is 24.6. The van der Waals surface area contributed by atoms with E-state index in [2.05, 4.69) is 44.3 Å². The quantitative estimate of drug-likeness (QED) is 0.451. The normalized spacial score (nSPS) is 7.85. The van der Waals surface area contributed by atoms with E-state index < -0.39 is 0 Å². The Balaban J connectivity index is -0.000000228. The van der Waals surface area contributed by atoms with E-state index in [0.717, 1.165) is 0 Å². The molecule has 0 N–H and O–H groups in total. The van der Waals surface area contributed by atoms with Crippen LogP contribution in [0.15, 0.2) is 54.6 Å². The topological polar surface area (TPSA) is 0 Å². The van der Waals surface area contributed by atoms with Gasteiger partial charge in [-0.1, -0.05) is 26.2 Å². The van der Waals surface area contributed by atoms with E-state index in [1.165, 1.54) is 24.8 Å². The molecule has 0 aromatic heterocycles. The summed E-state index contributed by atoms with van der Waals surface area (Å²) in [5.41, 5.74) is 1.69. The minimum atomic E-state index is 0. The molecule has 4 heteroatoms. The molecule has 112 valence electrons. The Hall–Kier alpha value is 0.380. The van der Waals surface area contributed by atoms with Crippen LogP contribution >= 0.6 is 0 Å².